The zero-order valence-corrected chi connectivity index (χ0v) is 17.5. The van der Waals surface area contributed by atoms with E-state index in [1.54, 1.807) is 18.2 Å². The molecule has 154 valence electrons. The number of hydrogen-bond acceptors (Lipinski definition) is 4. The Morgan fingerprint density at radius 1 is 1.00 bits per heavy atom. The van der Waals surface area contributed by atoms with Gasteiger partial charge in [0.15, 0.2) is 0 Å². The molecule has 0 heterocycles. The number of methoxy groups -OCH3 is 1. The molecule has 0 saturated carbocycles. The number of rotatable bonds is 6. The highest BCUT2D eigenvalue weighted by Crippen LogP contribution is 2.22. The lowest BCUT2D eigenvalue weighted by Gasteiger charge is -2.09. The molecule has 0 radical (unpaired) electrons. The third-order valence-electron chi connectivity index (χ3n) is 4.62. The minimum absolute atomic E-state index is 0.0383. The van der Waals surface area contributed by atoms with E-state index in [9.17, 15) is 14.9 Å². The van der Waals surface area contributed by atoms with Crippen molar-refractivity contribution in [1.82, 2.24) is 0 Å². The largest absolute Gasteiger partial charge is 0.465 e. The Balaban J connectivity index is 1.82. The molecule has 3 aromatic rings. The second-order valence-electron chi connectivity index (χ2n) is 6.66. The fraction of sp³-hybridized carbons (Fsp3) is 0.0800. The van der Waals surface area contributed by atoms with E-state index >= 15 is 0 Å². The van der Waals surface area contributed by atoms with Crippen LogP contribution >= 0.6 is 11.6 Å². The van der Waals surface area contributed by atoms with Crippen LogP contribution in [0.5, 0.6) is 0 Å². The van der Waals surface area contributed by atoms with E-state index in [1.165, 1.54) is 19.2 Å². The summed E-state index contributed by atoms with van der Waals surface area (Å²) in [5.41, 5.74) is 3.45. The van der Waals surface area contributed by atoms with E-state index in [4.69, 9.17) is 11.6 Å². The normalized spacial score (nSPS) is 10.8. The van der Waals surface area contributed by atoms with E-state index in [0.717, 1.165) is 16.7 Å². The number of carbonyl (C=O) groups excluding carboxylic acids is 2. The van der Waals surface area contributed by atoms with Gasteiger partial charge in [0, 0.05) is 10.7 Å². The summed E-state index contributed by atoms with van der Waals surface area (Å²) in [7, 11) is 1.30. The molecule has 0 saturated heterocycles. The van der Waals surface area contributed by atoms with Crippen LogP contribution in [0.25, 0.3) is 6.08 Å². The second-order valence-corrected chi connectivity index (χ2v) is 7.07. The van der Waals surface area contributed by atoms with Crippen molar-refractivity contribution in [1.29, 1.82) is 5.26 Å². The summed E-state index contributed by atoms with van der Waals surface area (Å²) in [6.45, 7) is 0. The summed E-state index contributed by atoms with van der Waals surface area (Å²) < 4.78 is 4.65. The van der Waals surface area contributed by atoms with Crippen LogP contribution in [0.4, 0.5) is 5.69 Å². The van der Waals surface area contributed by atoms with Crippen molar-refractivity contribution in [3.8, 4) is 6.07 Å². The van der Waals surface area contributed by atoms with Gasteiger partial charge in [-0.05, 0) is 59.5 Å². The Bertz CT molecular complexity index is 1180. The molecule has 0 aromatic heterocycles. The number of amides is 1. The smallest absolute Gasteiger partial charge is 0.337 e. The first-order chi connectivity index (χ1) is 15.0. The average Bonchev–Trinajstić information content (AvgIpc) is 2.79. The van der Waals surface area contributed by atoms with Crippen LogP contribution in [0.2, 0.25) is 5.02 Å². The maximum Gasteiger partial charge on any atom is 0.337 e. The highest BCUT2D eigenvalue weighted by atomic mass is 35.5. The van der Waals surface area contributed by atoms with Crippen molar-refractivity contribution in [2.24, 2.45) is 0 Å². The van der Waals surface area contributed by atoms with Crippen LogP contribution in [0.1, 0.15) is 27.0 Å². The number of anilines is 1. The van der Waals surface area contributed by atoms with Gasteiger partial charge in [0.2, 0.25) is 0 Å². The molecule has 6 heteroatoms. The van der Waals surface area contributed by atoms with Gasteiger partial charge in [-0.15, -0.1) is 0 Å². The van der Waals surface area contributed by atoms with E-state index in [1.807, 2.05) is 54.6 Å². The zero-order chi connectivity index (χ0) is 22.2. The molecule has 0 spiro atoms. The summed E-state index contributed by atoms with van der Waals surface area (Å²) in [6.07, 6.45) is 2.13. The number of carbonyl (C=O) groups is 2. The van der Waals surface area contributed by atoms with Gasteiger partial charge in [0.1, 0.15) is 11.6 Å². The van der Waals surface area contributed by atoms with Gasteiger partial charge in [-0.2, -0.15) is 5.26 Å². The number of esters is 1. The molecular weight excluding hydrogens is 412 g/mol. The predicted octanol–water partition coefficient (Wildman–Crippen LogP) is 5.26. The Hall–Kier alpha value is -3.88. The highest BCUT2D eigenvalue weighted by molar-refractivity contribution is 6.31. The summed E-state index contributed by atoms with van der Waals surface area (Å²) in [5, 5.41) is 12.9. The quantitative estimate of drug-likeness (QED) is 0.328. The molecule has 0 atom stereocenters. The lowest BCUT2D eigenvalue weighted by Crippen LogP contribution is -2.13. The third kappa shape index (κ3) is 5.59. The molecule has 31 heavy (non-hydrogen) atoms. The van der Waals surface area contributed by atoms with Crippen LogP contribution in [0.15, 0.2) is 78.4 Å². The number of benzene rings is 3. The number of nitriles is 1. The molecule has 0 bridgehead atoms. The number of halogens is 1. The SMILES string of the molecule is COC(=O)c1ccc(NC(=O)/C(C#N)=C/c2ccccc2Cc2ccccc2Cl)cc1. The summed E-state index contributed by atoms with van der Waals surface area (Å²) in [5.74, 6) is -1.01. The second kappa shape index (κ2) is 10.2. The minimum Gasteiger partial charge on any atom is -0.465 e. The minimum atomic E-state index is -0.541. The summed E-state index contributed by atoms with van der Waals surface area (Å²) in [6, 6.07) is 23.3. The Labute approximate surface area is 185 Å². The first-order valence-electron chi connectivity index (χ1n) is 9.44. The molecule has 0 aliphatic heterocycles. The van der Waals surface area contributed by atoms with Gasteiger partial charge >= 0.3 is 5.97 Å². The molecule has 0 aliphatic rings. The maximum atomic E-state index is 12.6. The predicted molar refractivity (Wildman–Crippen MR) is 121 cm³/mol. The molecule has 0 fully saturated rings. The van der Waals surface area contributed by atoms with Crippen molar-refractivity contribution in [2.45, 2.75) is 6.42 Å². The molecular formula is C25H19ClN2O3. The van der Waals surface area contributed by atoms with Gasteiger partial charge in [-0.3, -0.25) is 4.79 Å². The highest BCUT2D eigenvalue weighted by Gasteiger charge is 2.12. The molecule has 0 unspecified atom stereocenters. The first kappa shape index (κ1) is 21.8. The fourth-order valence-corrected chi connectivity index (χ4v) is 3.20. The van der Waals surface area contributed by atoms with Gasteiger partial charge in [0.25, 0.3) is 5.91 Å². The number of nitrogens with one attached hydrogen (secondary N) is 1. The van der Waals surface area contributed by atoms with Crippen LogP contribution in [-0.4, -0.2) is 19.0 Å². The zero-order valence-electron chi connectivity index (χ0n) is 16.8. The molecule has 1 N–H and O–H groups in total. The Morgan fingerprint density at radius 3 is 2.29 bits per heavy atom. The Kier molecular flexibility index (Phi) is 7.21. The van der Waals surface area contributed by atoms with Gasteiger partial charge < -0.3 is 10.1 Å². The molecule has 3 aromatic carbocycles. The standard InChI is InChI=1S/C25H19ClN2O3/c1-31-25(30)17-10-12-22(13-11-17)28-24(29)21(16-27)15-19-7-3-2-6-18(19)14-20-8-4-5-9-23(20)26/h2-13,15H,14H2,1H3,(H,28,29)/b21-15+. The van der Waals surface area contributed by atoms with Crippen molar-refractivity contribution < 1.29 is 14.3 Å². The molecule has 3 rings (SSSR count). The first-order valence-corrected chi connectivity index (χ1v) is 9.82. The number of ether oxygens (including phenoxy) is 1. The summed E-state index contributed by atoms with van der Waals surface area (Å²) >= 11 is 6.28. The number of nitrogens with zero attached hydrogens (tertiary/aromatic N) is 1. The fourth-order valence-electron chi connectivity index (χ4n) is 2.99. The van der Waals surface area contributed by atoms with E-state index < -0.39 is 11.9 Å². The van der Waals surface area contributed by atoms with Crippen LogP contribution in [0.3, 0.4) is 0 Å². The van der Waals surface area contributed by atoms with E-state index in [0.29, 0.717) is 22.7 Å². The lowest BCUT2D eigenvalue weighted by atomic mass is 9.98. The topological polar surface area (TPSA) is 79.2 Å². The van der Waals surface area contributed by atoms with Crippen molar-refractivity contribution >= 4 is 35.2 Å². The average molecular weight is 431 g/mol. The summed E-state index contributed by atoms with van der Waals surface area (Å²) in [4.78, 5) is 24.2. The van der Waals surface area contributed by atoms with Gasteiger partial charge in [-0.25, -0.2) is 4.79 Å². The monoisotopic (exact) mass is 430 g/mol. The third-order valence-corrected chi connectivity index (χ3v) is 4.99. The van der Waals surface area contributed by atoms with Crippen molar-refractivity contribution in [2.75, 3.05) is 12.4 Å². The number of hydrogen-bond donors (Lipinski definition) is 1. The van der Waals surface area contributed by atoms with Crippen LogP contribution in [-0.2, 0) is 16.0 Å². The van der Waals surface area contributed by atoms with E-state index in [2.05, 4.69) is 10.1 Å². The molecule has 5 nitrogen and oxygen atoms in total. The molecule has 0 aliphatic carbocycles. The van der Waals surface area contributed by atoms with Crippen LogP contribution < -0.4 is 5.32 Å². The molecule has 1 amide bonds. The maximum absolute atomic E-state index is 12.6. The van der Waals surface area contributed by atoms with Crippen molar-refractivity contribution in [3.63, 3.8) is 0 Å². The Morgan fingerprint density at radius 2 is 1.65 bits per heavy atom. The van der Waals surface area contributed by atoms with Crippen molar-refractivity contribution in [3.05, 3.63) is 106 Å². The van der Waals surface area contributed by atoms with Crippen LogP contribution in [0, 0.1) is 11.3 Å². The lowest BCUT2D eigenvalue weighted by molar-refractivity contribution is -0.112. The van der Waals surface area contributed by atoms with Gasteiger partial charge in [0.05, 0.1) is 12.7 Å². The van der Waals surface area contributed by atoms with Gasteiger partial charge in [-0.1, -0.05) is 54.1 Å². The van der Waals surface area contributed by atoms with E-state index in [-0.39, 0.29) is 5.57 Å².